The third-order valence-corrected chi connectivity index (χ3v) is 3.47. The number of benzene rings is 1. The summed E-state index contributed by atoms with van der Waals surface area (Å²) in [5.41, 5.74) is 1.56. The maximum absolute atomic E-state index is 11.9. The average molecular weight is 336 g/mol. The van der Waals surface area contributed by atoms with Crippen LogP contribution >= 0.6 is 23.2 Å². The molecule has 0 bridgehead atoms. The SMILES string of the molecule is O=C(COc1ccc(Cl)cc1Cl)Nc1ccn2nccc2c1. The van der Waals surface area contributed by atoms with Crippen molar-refractivity contribution in [1.29, 1.82) is 0 Å². The fourth-order valence-electron chi connectivity index (χ4n) is 1.93. The standard InChI is InChI=1S/C15H11Cl2N3O2/c16-10-1-2-14(13(17)7-10)22-9-15(21)19-11-4-6-20-12(8-11)3-5-18-20/h1-8H,9H2,(H,19,21). The summed E-state index contributed by atoms with van der Waals surface area (Å²) in [6, 6.07) is 10.3. The van der Waals surface area contributed by atoms with E-state index < -0.39 is 0 Å². The Hall–Kier alpha value is -2.24. The minimum Gasteiger partial charge on any atom is -0.482 e. The number of halogens is 2. The van der Waals surface area contributed by atoms with Crippen LogP contribution in [0.2, 0.25) is 10.0 Å². The van der Waals surface area contributed by atoms with Crippen LogP contribution in [-0.4, -0.2) is 22.1 Å². The first-order valence-corrected chi connectivity index (χ1v) is 7.18. The zero-order valence-corrected chi connectivity index (χ0v) is 12.8. The van der Waals surface area contributed by atoms with E-state index in [-0.39, 0.29) is 12.5 Å². The van der Waals surface area contributed by atoms with Crippen molar-refractivity contribution < 1.29 is 9.53 Å². The van der Waals surface area contributed by atoms with E-state index in [0.29, 0.717) is 21.5 Å². The third kappa shape index (κ3) is 3.32. The number of carbonyl (C=O) groups excluding carboxylic acids is 1. The lowest BCUT2D eigenvalue weighted by molar-refractivity contribution is -0.118. The van der Waals surface area contributed by atoms with E-state index in [2.05, 4.69) is 10.4 Å². The van der Waals surface area contributed by atoms with Gasteiger partial charge in [-0.05, 0) is 36.4 Å². The van der Waals surface area contributed by atoms with Crippen LogP contribution in [0.1, 0.15) is 0 Å². The van der Waals surface area contributed by atoms with Gasteiger partial charge in [-0.25, -0.2) is 4.52 Å². The number of nitrogens with one attached hydrogen (secondary N) is 1. The van der Waals surface area contributed by atoms with Gasteiger partial charge in [-0.15, -0.1) is 0 Å². The highest BCUT2D eigenvalue weighted by atomic mass is 35.5. The number of rotatable bonds is 4. The zero-order valence-electron chi connectivity index (χ0n) is 11.3. The van der Waals surface area contributed by atoms with Gasteiger partial charge in [0.15, 0.2) is 6.61 Å². The predicted octanol–water partition coefficient (Wildman–Crippen LogP) is 3.66. The third-order valence-electron chi connectivity index (χ3n) is 2.94. The van der Waals surface area contributed by atoms with Gasteiger partial charge in [-0.1, -0.05) is 23.2 Å². The Morgan fingerprint density at radius 1 is 1.23 bits per heavy atom. The van der Waals surface area contributed by atoms with Crippen molar-refractivity contribution in [3.8, 4) is 5.75 Å². The quantitative estimate of drug-likeness (QED) is 0.791. The van der Waals surface area contributed by atoms with E-state index in [1.165, 1.54) is 0 Å². The van der Waals surface area contributed by atoms with Gasteiger partial charge < -0.3 is 10.1 Å². The highest BCUT2D eigenvalue weighted by Crippen LogP contribution is 2.27. The molecule has 0 saturated heterocycles. The number of hydrogen-bond donors (Lipinski definition) is 1. The molecular formula is C15H11Cl2N3O2. The smallest absolute Gasteiger partial charge is 0.262 e. The number of carbonyl (C=O) groups is 1. The Labute approximate surface area is 136 Å². The summed E-state index contributed by atoms with van der Waals surface area (Å²) in [5.74, 6) is 0.127. The number of hydrogen-bond acceptors (Lipinski definition) is 3. The molecule has 7 heteroatoms. The molecule has 3 rings (SSSR count). The monoisotopic (exact) mass is 335 g/mol. The number of ether oxygens (including phenoxy) is 1. The number of amides is 1. The van der Waals surface area contributed by atoms with E-state index in [0.717, 1.165) is 5.52 Å². The largest absolute Gasteiger partial charge is 0.482 e. The second-order valence-electron chi connectivity index (χ2n) is 4.53. The Morgan fingerprint density at radius 3 is 2.91 bits per heavy atom. The van der Waals surface area contributed by atoms with Crippen LogP contribution in [0.5, 0.6) is 5.75 Å². The lowest BCUT2D eigenvalue weighted by atomic mass is 10.3. The van der Waals surface area contributed by atoms with Gasteiger partial charge in [0.25, 0.3) is 5.91 Å². The van der Waals surface area contributed by atoms with Gasteiger partial charge in [-0.3, -0.25) is 4.79 Å². The van der Waals surface area contributed by atoms with E-state index >= 15 is 0 Å². The first-order valence-electron chi connectivity index (χ1n) is 6.43. The molecule has 0 aliphatic carbocycles. The Bertz CT molecular complexity index is 833. The minimum atomic E-state index is -0.283. The Kier molecular flexibility index (Phi) is 4.18. The molecule has 0 radical (unpaired) electrons. The second kappa shape index (κ2) is 6.25. The Balaban J connectivity index is 1.62. The molecular weight excluding hydrogens is 325 g/mol. The van der Waals surface area contributed by atoms with Crippen molar-refractivity contribution in [1.82, 2.24) is 9.61 Å². The van der Waals surface area contributed by atoms with Crippen LogP contribution in [0, 0.1) is 0 Å². The molecule has 1 N–H and O–H groups in total. The first kappa shape index (κ1) is 14.7. The van der Waals surface area contributed by atoms with Crippen LogP contribution in [-0.2, 0) is 4.79 Å². The van der Waals surface area contributed by atoms with E-state index in [1.807, 2.05) is 12.1 Å². The maximum atomic E-state index is 11.9. The molecule has 0 spiro atoms. The summed E-state index contributed by atoms with van der Waals surface area (Å²) in [6.45, 7) is -0.147. The summed E-state index contributed by atoms with van der Waals surface area (Å²) in [7, 11) is 0. The summed E-state index contributed by atoms with van der Waals surface area (Å²) in [5, 5.41) is 7.71. The lowest BCUT2D eigenvalue weighted by Crippen LogP contribution is -2.20. The van der Waals surface area contributed by atoms with E-state index in [9.17, 15) is 4.79 Å². The maximum Gasteiger partial charge on any atom is 0.262 e. The number of anilines is 1. The second-order valence-corrected chi connectivity index (χ2v) is 5.37. The highest BCUT2D eigenvalue weighted by Gasteiger charge is 2.07. The number of fused-ring (bicyclic) bond motifs is 1. The molecule has 0 aliphatic rings. The van der Waals surface area contributed by atoms with E-state index in [1.54, 1.807) is 41.2 Å². The fourth-order valence-corrected chi connectivity index (χ4v) is 2.40. The predicted molar refractivity (Wildman–Crippen MR) is 85.8 cm³/mol. The summed E-state index contributed by atoms with van der Waals surface area (Å²) in [4.78, 5) is 11.9. The molecule has 2 heterocycles. The molecule has 22 heavy (non-hydrogen) atoms. The van der Waals surface area contributed by atoms with Crippen LogP contribution in [0.3, 0.4) is 0 Å². The van der Waals surface area contributed by atoms with Crippen molar-refractivity contribution >= 4 is 40.3 Å². The van der Waals surface area contributed by atoms with Crippen LogP contribution in [0.15, 0.2) is 48.8 Å². The van der Waals surface area contributed by atoms with E-state index in [4.69, 9.17) is 27.9 Å². The molecule has 5 nitrogen and oxygen atoms in total. The molecule has 0 unspecified atom stereocenters. The van der Waals surface area contributed by atoms with Crippen molar-refractivity contribution in [3.63, 3.8) is 0 Å². The molecule has 1 aromatic carbocycles. The van der Waals surface area contributed by atoms with Gasteiger partial charge in [0.2, 0.25) is 0 Å². The van der Waals surface area contributed by atoms with Crippen LogP contribution < -0.4 is 10.1 Å². The summed E-state index contributed by atoms with van der Waals surface area (Å²) < 4.78 is 7.09. The number of aromatic nitrogens is 2. The van der Waals surface area contributed by atoms with Gasteiger partial charge in [0.05, 0.1) is 10.5 Å². The summed E-state index contributed by atoms with van der Waals surface area (Å²) in [6.07, 6.45) is 3.45. The molecule has 0 atom stereocenters. The molecule has 0 saturated carbocycles. The number of nitrogens with zero attached hydrogens (tertiary/aromatic N) is 2. The van der Waals surface area contributed by atoms with Gasteiger partial charge >= 0.3 is 0 Å². The molecule has 3 aromatic rings. The molecule has 112 valence electrons. The van der Waals surface area contributed by atoms with Gasteiger partial charge in [0, 0.05) is 23.1 Å². The van der Waals surface area contributed by atoms with Crippen molar-refractivity contribution in [2.45, 2.75) is 0 Å². The topological polar surface area (TPSA) is 55.6 Å². The molecule has 0 fully saturated rings. The number of pyridine rings is 1. The van der Waals surface area contributed by atoms with Crippen molar-refractivity contribution in [3.05, 3.63) is 58.8 Å². The highest BCUT2D eigenvalue weighted by molar-refractivity contribution is 6.35. The molecule has 2 aromatic heterocycles. The first-order chi connectivity index (χ1) is 10.6. The van der Waals surface area contributed by atoms with Gasteiger partial charge in [-0.2, -0.15) is 5.10 Å². The normalized spacial score (nSPS) is 10.6. The fraction of sp³-hybridized carbons (Fsp3) is 0.0667. The summed E-state index contributed by atoms with van der Waals surface area (Å²) >= 11 is 11.8. The average Bonchev–Trinajstić information content (AvgIpc) is 2.94. The molecule has 0 aliphatic heterocycles. The Morgan fingerprint density at radius 2 is 2.09 bits per heavy atom. The van der Waals surface area contributed by atoms with Crippen LogP contribution in [0.25, 0.3) is 5.52 Å². The minimum absolute atomic E-state index is 0.147. The van der Waals surface area contributed by atoms with Crippen molar-refractivity contribution in [2.24, 2.45) is 0 Å². The van der Waals surface area contributed by atoms with Crippen LogP contribution in [0.4, 0.5) is 5.69 Å². The lowest BCUT2D eigenvalue weighted by Gasteiger charge is -2.09. The van der Waals surface area contributed by atoms with Crippen molar-refractivity contribution in [2.75, 3.05) is 11.9 Å². The molecule has 1 amide bonds. The van der Waals surface area contributed by atoms with Gasteiger partial charge in [0.1, 0.15) is 5.75 Å². The zero-order chi connectivity index (χ0) is 15.5.